The van der Waals surface area contributed by atoms with Crippen molar-refractivity contribution >= 4 is 131 Å². The van der Waals surface area contributed by atoms with E-state index in [1.54, 1.807) is 160 Å². The number of rotatable bonds is 15. The van der Waals surface area contributed by atoms with Gasteiger partial charge >= 0.3 is 24.4 Å². The number of nitrogens with one attached hydrogen (secondary N) is 4. The van der Waals surface area contributed by atoms with Crippen molar-refractivity contribution in [1.29, 1.82) is 0 Å². The summed E-state index contributed by atoms with van der Waals surface area (Å²) in [6, 6.07) is 28.8. The maximum absolute atomic E-state index is 13.0. The number of anilines is 4. The van der Waals surface area contributed by atoms with Gasteiger partial charge in [0.25, 0.3) is 10.0 Å². The average Bonchev–Trinajstić information content (AvgIpc) is 1.60. The zero-order chi connectivity index (χ0) is 74.1. The third-order valence-corrected chi connectivity index (χ3v) is 21.5. The van der Waals surface area contributed by atoms with Crippen LogP contribution in [0.4, 0.5) is 42.4 Å². The Kier molecular flexibility index (Phi) is 21.5. The fourth-order valence-corrected chi connectivity index (χ4v) is 15.3. The van der Waals surface area contributed by atoms with E-state index in [9.17, 15) is 52.8 Å². The summed E-state index contributed by atoms with van der Waals surface area (Å²) >= 11 is 0. The Balaban J connectivity index is 0.000000139. The number of amides is 4. The lowest BCUT2D eigenvalue weighted by Crippen LogP contribution is -2.16. The van der Waals surface area contributed by atoms with Crippen molar-refractivity contribution in [3.8, 4) is 44.5 Å². The molecule has 12 heterocycles. The Hall–Kier alpha value is -12.5. The van der Waals surface area contributed by atoms with Gasteiger partial charge in [0.2, 0.25) is 30.1 Å². The molecule has 36 heteroatoms. The van der Waals surface area contributed by atoms with Crippen LogP contribution < -0.4 is 21.3 Å². The zero-order valence-electron chi connectivity index (χ0n) is 55.8. The number of ether oxygens (including phenoxy) is 4. The Morgan fingerprint density at radius 1 is 0.413 bits per heavy atom. The van der Waals surface area contributed by atoms with Crippen LogP contribution in [0.2, 0.25) is 0 Å². The van der Waals surface area contributed by atoms with Crippen LogP contribution in [0.5, 0.6) is 0 Å². The topological polar surface area (TPSA) is 413 Å². The quantitative estimate of drug-likeness (QED) is 0.0693. The number of nitrogens with zero attached hydrogens (tertiary/aromatic N) is 12. The maximum Gasteiger partial charge on any atom is 0.412 e. The summed E-state index contributed by atoms with van der Waals surface area (Å²) in [6.45, 7) is 1.97. The molecular formula is C68H62N16O16S4. The van der Waals surface area contributed by atoms with Gasteiger partial charge in [-0.15, -0.1) is 0 Å². The molecule has 1 saturated carbocycles. The van der Waals surface area contributed by atoms with E-state index in [2.05, 4.69) is 75.3 Å². The molecule has 0 saturated heterocycles. The largest absolute Gasteiger partial charge is 0.453 e. The number of hydrogen-bond donors (Lipinski definition) is 4. The molecule has 0 bridgehead atoms. The smallest absolute Gasteiger partial charge is 0.412 e. The second-order valence-corrected chi connectivity index (χ2v) is 30.1. The van der Waals surface area contributed by atoms with Crippen molar-refractivity contribution in [3.63, 3.8) is 0 Å². The SMILES string of the molecule is CCOC(=O)Nc1cc(-c2cncc3c2ccn3S(C)(=O)=O)ccn1.COC(=O)Nc1cc(-c2cncc3c2ccn3S(=O)(=O)C2CC2)ccn1.COC(=O)Nc1cc(-c2cncc3c2ccn3S(=O)(=O)c2ccccc2)ccn1.COC(=O)Nc1cc(-c2cncc3c2ccn3S(C)(=O)=O)ccn1. The number of aromatic nitrogens is 12. The molecule has 1 aliphatic carbocycles. The van der Waals surface area contributed by atoms with E-state index < -0.39 is 64.5 Å². The van der Waals surface area contributed by atoms with Crippen LogP contribution in [-0.4, -0.2) is 160 Å². The monoisotopic (exact) mass is 1490 g/mol. The number of hydrogen-bond acceptors (Lipinski definition) is 24. The van der Waals surface area contributed by atoms with Crippen LogP contribution in [0.25, 0.3) is 88.1 Å². The number of methoxy groups -OCH3 is 3. The van der Waals surface area contributed by atoms with E-state index in [1.807, 2.05) is 0 Å². The van der Waals surface area contributed by atoms with E-state index >= 15 is 0 Å². The summed E-state index contributed by atoms with van der Waals surface area (Å²) in [6.07, 6.45) is 26.0. The first-order valence-corrected chi connectivity index (χ1v) is 37.6. The van der Waals surface area contributed by atoms with Crippen molar-refractivity contribution in [1.82, 2.24) is 55.8 Å². The lowest BCUT2D eigenvalue weighted by atomic mass is 10.1. The third-order valence-electron chi connectivity index (χ3n) is 15.6. The second kappa shape index (κ2) is 30.7. The molecule has 13 aromatic rings. The van der Waals surface area contributed by atoms with E-state index in [4.69, 9.17) is 4.74 Å². The van der Waals surface area contributed by atoms with Gasteiger partial charge < -0.3 is 18.9 Å². The first-order chi connectivity index (χ1) is 49.8. The van der Waals surface area contributed by atoms with Gasteiger partial charge in [0.15, 0.2) is 0 Å². The van der Waals surface area contributed by atoms with Crippen molar-refractivity contribution in [2.24, 2.45) is 0 Å². The van der Waals surface area contributed by atoms with E-state index in [0.717, 1.165) is 67.6 Å². The van der Waals surface area contributed by atoms with Crippen molar-refractivity contribution in [2.75, 3.05) is 61.7 Å². The summed E-state index contributed by atoms with van der Waals surface area (Å²) in [4.78, 5) is 78.8. The Morgan fingerprint density at radius 3 is 1.04 bits per heavy atom. The highest BCUT2D eigenvalue weighted by Gasteiger charge is 2.38. The number of benzene rings is 1. The molecule has 104 heavy (non-hydrogen) atoms. The normalized spacial score (nSPS) is 12.1. The summed E-state index contributed by atoms with van der Waals surface area (Å²) in [5, 5.41) is 12.7. The molecule has 0 aliphatic heterocycles. The van der Waals surface area contributed by atoms with E-state index in [0.29, 0.717) is 69.1 Å². The van der Waals surface area contributed by atoms with Gasteiger partial charge in [-0.05, 0) is 127 Å². The van der Waals surface area contributed by atoms with Crippen molar-refractivity contribution in [3.05, 3.63) is 202 Å². The number of carbonyl (C=O) groups is 4. The zero-order valence-corrected chi connectivity index (χ0v) is 59.0. The minimum absolute atomic E-state index is 0.191. The Labute approximate surface area is 594 Å². The summed E-state index contributed by atoms with van der Waals surface area (Å²) in [7, 11) is -10.2. The lowest BCUT2D eigenvalue weighted by Gasteiger charge is -2.09. The van der Waals surface area contributed by atoms with Gasteiger partial charge in [-0.1, -0.05) is 18.2 Å². The predicted octanol–water partition coefficient (Wildman–Crippen LogP) is 10.7. The van der Waals surface area contributed by atoms with Crippen molar-refractivity contribution < 1.29 is 71.8 Å². The highest BCUT2D eigenvalue weighted by Crippen LogP contribution is 2.37. The molecule has 0 spiro atoms. The average molecular weight is 1490 g/mol. The highest BCUT2D eigenvalue weighted by atomic mass is 32.2. The summed E-state index contributed by atoms with van der Waals surface area (Å²) < 4.78 is 122. The molecule has 4 N–H and O–H groups in total. The molecule has 12 aromatic heterocycles. The van der Waals surface area contributed by atoms with Crippen LogP contribution in [-0.2, 0) is 59.0 Å². The molecule has 4 amide bonds. The van der Waals surface area contributed by atoms with Gasteiger partial charge in [-0.25, -0.2) is 88.7 Å². The van der Waals surface area contributed by atoms with Gasteiger partial charge in [-0.3, -0.25) is 41.2 Å². The summed E-state index contributed by atoms with van der Waals surface area (Å²) in [5.74, 6) is 1.29. The van der Waals surface area contributed by atoms with Gasteiger partial charge in [0.05, 0.1) is 97.4 Å². The first kappa shape index (κ1) is 72.7. The van der Waals surface area contributed by atoms with E-state index in [1.165, 1.54) is 86.8 Å². The Morgan fingerprint density at radius 2 is 0.721 bits per heavy atom. The standard InChI is InChI=1S/C20H16N4O4S.C17H16N4O4S.C16H16N4O4S.C15H14N4O4S/c1-28-20(25)23-19-11-14(7-9-22-19)17-12-21-13-18-16(17)8-10-24(18)29(26,27)15-5-3-2-4-6-15;1-25-17(22)20-16-8-11(4-6-19-16)14-9-18-10-15-13(14)5-7-21(15)26(23,24)12-2-3-12;1-3-24-16(21)19-15-8-11(4-6-18-15)13-9-17-10-14-12(13)5-7-20(14)25(2,22)23;1-23-15(20)18-14-7-10(3-5-17-14)12-8-16-9-13-11(12)4-6-19(13)24(2,21)22/h2-13H,1H3,(H,22,23,25);4-10,12H,2-3H2,1H3,(H,19,20,22);4-10H,3H2,1-2H3,(H,18,19,21);3-9H,1-2H3,(H,17,18,20). The summed E-state index contributed by atoms with van der Waals surface area (Å²) in [5.41, 5.74) is 7.82. The fourth-order valence-electron chi connectivity index (χ4n) is 10.7. The molecule has 0 radical (unpaired) electrons. The highest BCUT2D eigenvalue weighted by molar-refractivity contribution is 7.91. The molecule has 1 aliphatic rings. The lowest BCUT2D eigenvalue weighted by molar-refractivity contribution is 0.167. The maximum atomic E-state index is 13.0. The molecule has 0 atom stereocenters. The number of fused-ring (bicyclic) bond motifs is 4. The Bertz CT molecular complexity index is 5910. The van der Waals surface area contributed by atoms with E-state index in [-0.39, 0.29) is 16.8 Å². The molecule has 534 valence electrons. The second-order valence-electron chi connectivity index (χ2n) is 22.4. The molecular weight excluding hydrogens is 1430 g/mol. The van der Waals surface area contributed by atoms with Crippen molar-refractivity contribution in [2.45, 2.75) is 29.9 Å². The molecule has 32 nitrogen and oxygen atoms in total. The predicted molar refractivity (Wildman–Crippen MR) is 387 cm³/mol. The molecule has 14 rings (SSSR count). The van der Waals surface area contributed by atoms with Gasteiger partial charge in [0.1, 0.15) is 23.3 Å². The third kappa shape index (κ3) is 16.3. The fraction of sp³-hybridized carbons (Fsp3) is 0.147. The molecule has 1 fully saturated rings. The van der Waals surface area contributed by atoms with Crippen LogP contribution in [0.1, 0.15) is 19.8 Å². The van der Waals surface area contributed by atoms with Crippen LogP contribution in [0, 0.1) is 0 Å². The minimum atomic E-state index is -3.76. The molecule has 0 unspecified atom stereocenters. The van der Waals surface area contributed by atoms with Crippen LogP contribution >= 0.6 is 0 Å². The van der Waals surface area contributed by atoms with Gasteiger partial charge in [-0.2, -0.15) is 0 Å². The molecule has 1 aromatic carbocycles. The first-order valence-electron chi connectivity index (χ1n) is 30.9. The van der Waals surface area contributed by atoms with Crippen LogP contribution in [0.15, 0.2) is 207 Å². The number of pyridine rings is 8. The van der Waals surface area contributed by atoms with Gasteiger partial charge in [0, 0.05) is 118 Å². The van der Waals surface area contributed by atoms with Crippen LogP contribution in [0.3, 0.4) is 0 Å². The minimum Gasteiger partial charge on any atom is -0.453 e. The number of carbonyl (C=O) groups excluding carboxylic acids is 4.